The van der Waals surface area contributed by atoms with Gasteiger partial charge in [0.25, 0.3) is 5.91 Å². The van der Waals surface area contributed by atoms with Crippen molar-refractivity contribution >= 4 is 22.9 Å². The Bertz CT molecular complexity index is 1530. The number of benzene rings is 2. The number of hydrogen-bond donors (Lipinski definition) is 1. The Morgan fingerprint density at radius 2 is 1.80 bits per heavy atom. The number of aryl methyl sites for hydroxylation is 1. The topological polar surface area (TPSA) is 107 Å². The maximum Gasteiger partial charge on any atom is 0.417 e. The van der Waals surface area contributed by atoms with Crippen LogP contribution in [0, 0.1) is 0 Å². The van der Waals surface area contributed by atoms with E-state index in [0.29, 0.717) is 54.7 Å². The fraction of sp³-hybridized carbons (Fsp3) is 0.393. The quantitative estimate of drug-likeness (QED) is 0.240. The summed E-state index contributed by atoms with van der Waals surface area (Å²) in [6.07, 6.45) is -3.59. The Morgan fingerprint density at radius 3 is 2.52 bits per heavy atom. The minimum atomic E-state index is -4.72. The predicted molar refractivity (Wildman–Crippen MR) is 137 cm³/mol. The molecule has 0 spiro atoms. The van der Waals surface area contributed by atoms with E-state index >= 15 is 0 Å². The molecular weight excluding hydrogens is 533 g/mol. The van der Waals surface area contributed by atoms with Crippen LogP contribution in [-0.4, -0.2) is 43.2 Å². The number of hydrogen-bond acceptors (Lipinski definition) is 7. The van der Waals surface area contributed by atoms with Crippen molar-refractivity contribution in [2.75, 3.05) is 26.4 Å². The summed E-state index contributed by atoms with van der Waals surface area (Å²) in [4.78, 5) is 39.0. The van der Waals surface area contributed by atoms with Crippen molar-refractivity contribution in [3.05, 3.63) is 63.5 Å². The summed E-state index contributed by atoms with van der Waals surface area (Å²) in [5.74, 6) is 0.896. The number of imide groups is 1. The first-order chi connectivity index (χ1) is 19.0. The van der Waals surface area contributed by atoms with Gasteiger partial charge in [0, 0.05) is 23.6 Å². The molecule has 0 saturated carbocycles. The Hall–Kier alpha value is -4.22. The molecular formula is C28H27F3N2O7. The van der Waals surface area contributed by atoms with E-state index in [-0.39, 0.29) is 36.3 Å². The number of ether oxygens (including phenoxy) is 3. The lowest BCUT2D eigenvalue weighted by Gasteiger charge is -2.25. The molecule has 2 aromatic carbocycles. The van der Waals surface area contributed by atoms with Crippen LogP contribution in [0.4, 0.5) is 18.0 Å². The minimum absolute atomic E-state index is 0.0504. The highest BCUT2D eigenvalue weighted by Gasteiger charge is 2.49. The predicted octanol–water partition coefficient (Wildman–Crippen LogP) is 4.77. The van der Waals surface area contributed by atoms with Crippen LogP contribution in [0.5, 0.6) is 17.2 Å². The highest BCUT2D eigenvalue weighted by molar-refractivity contribution is 6.07. The molecule has 1 atom stereocenters. The van der Waals surface area contributed by atoms with Crippen LogP contribution in [0.15, 0.2) is 45.6 Å². The molecule has 0 bridgehead atoms. The van der Waals surface area contributed by atoms with Crippen molar-refractivity contribution in [2.24, 2.45) is 0 Å². The fourth-order valence-corrected chi connectivity index (χ4v) is 4.98. The third-order valence-corrected chi connectivity index (χ3v) is 6.96. The largest absolute Gasteiger partial charge is 0.493 e. The van der Waals surface area contributed by atoms with E-state index < -0.39 is 34.8 Å². The lowest BCUT2D eigenvalue weighted by molar-refractivity contribution is -0.136. The molecule has 3 amide bonds. The zero-order chi connectivity index (χ0) is 28.7. The molecule has 1 unspecified atom stereocenters. The summed E-state index contributed by atoms with van der Waals surface area (Å²) in [6.45, 7) is 4.37. The number of fused-ring (bicyclic) bond motifs is 2. The molecule has 5 rings (SSSR count). The van der Waals surface area contributed by atoms with Crippen LogP contribution in [0.1, 0.15) is 43.4 Å². The fourth-order valence-electron chi connectivity index (χ4n) is 4.98. The second-order valence-electron chi connectivity index (χ2n) is 9.72. The van der Waals surface area contributed by atoms with Gasteiger partial charge in [0.2, 0.25) is 0 Å². The zero-order valence-corrected chi connectivity index (χ0v) is 21.9. The number of carbonyl (C=O) groups is 2. The molecule has 2 aliphatic rings. The van der Waals surface area contributed by atoms with Crippen LogP contribution in [0.2, 0.25) is 0 Å². The van der Waals surface area contributed by atoms with Crippen LogP contribution in [-0.2, 0) is 22.9 Å². The van der Waals surface area contributed by atoms with E-state index in [0.717, 1.165) is 4.90 Å². The molecule has 1 saturated heterocycles. The normalized spacial score (nSPS) is 18.8. The standard InChI is InChI=1S/C28H27F3N2O7/c1-3-5-18-20(9-7-17-19(28(29,30)31)15-23(34)40-24(17)18)37-11-4-10-33-25(35)27(2,32-26(33)36)16-6-8-21-22(14-16)39-13-12-38-21/h6-9,14-15H,3-5,10-13H2,1-2H3,(H,32,36). The van der Waals surface area contributed by atoms with Gasteiger partial charge in [-0.15, -0.1) is 0 Å². The zero-order valence-electron chi connectivity index (χ0n) is 21.9. The van der Waals surface area contributed by atoms with Crippen molar-refractivity contribution in [3.63, 3.8) is 0 Å². The summed E-state index contributed by atoms with van der Waals surface area (Å²) in [7, 11) is 0. The van der Waals surface area contributed by atoms with Gasteiger partial charge in [0.05, 0.1) is 12.2 Å². The molecule has 3 aromatic rings. The second kappa shape index (κ2) is 10.4. The summed E-state index contributed by atoms with van der Waals surface area (Å²) in [5.41, 5.74) is -2.73. The van der Waals surface area contributed by atoms with Crippen LogP contribution < -0.4 is 25.2 Å². The molecule has 0 aliphatic carbocycles. The number of urea groups is 1. The molecule has 1 aromatic heterocycles. The molecule has 2 aliphatic heterocycles. The van der Waals surface area contributed by atoms with E-state index in [9.17, 15) is 27.6 Å². The van der Waals surface area contributed by atoms with E-state index in [1.807, 2.05) is 6.92 Å². The van der Waals surface area contributed by atoms with Gasteiger partial charge in [-0.25, -0.2) is 9.59 Å². The van der Waals surface area contributed by atoms with Crippen LogP contribution in [0.25, 0.3) is 11.0 Å². The Labute approximate surface area is 226 Å². The van der Waals surface area contributed by atoms with Gasteiger partial charge in [0.1, 0.15) is 30.1 Å². The first-order valence-corrected chi connectivity index (χ1v) is 12.9. The van der Waals surface area contributed by atoms with Crippen LogP contribution in [0.3, 0.4) is 0 Å². The SMILES string of the molecule is CCCc1c(OCCCN2C(=O)NC(C)(c3ccc4c(c3)OCCO4)C2=O)ccc2c(C(F)(F)F)cc(=O)oc12. The summed E-state index contributed by atoms with van der Waals surface area (Å²) >= 11 is 0. The van der Waals surface area contributed by atoms with Gasteiger partial charge in [0.15, 0.2) is 11.5 Å². The number of alkyl halides is 3. The second-order valence-corrected chi connectivity index (χ2v) is 9.72. The number of halogens is 3. The third kappa shape index (κ3) is 4.93. The molecule has 1 fully saturated rings. The first-order valence-electron chi connectivity index (χ1n) is 12.9. The van der Waals surface area contributed by atoms with Gasteiger partial charge in [-0.05, 0) is 49.6 Å². The average molecular weight is 561 g/mol. The van der Waals surface area contributed by atoms with Crippen molar-refractivity contribution in [1.82, 2.24) is 10.2 Å². The Kier molecular flexibility index (Phi) is 7.11. The number of nitrogens with zero attached hydrogens (tertiary/aromatic N) is 1. The molecule has 9 nitrogen and oxygen atoms in total. The summed E-state index contributed by atoms with van der Waals surface area (Å²) < 4.78 is 62.7. The van der Waals surface area contributed by atoms with Gasteiger partial charge < -0.3 is 23.9 Å². The van der Waals surface area contributed by atoms with Gasteiger partial charge in [-0.1, -0.05) is 19.4 Å². The maximum atomic E-state index is 13.5. The monoisotopic (exact) mass is 560 g/mol. The highest BCUT2D eigenvalue weighted by atomic mass is 19.4. The van der Waals surface area contributed by atoms with E-state index in [4.69, 9.17) is 18.6 Å². The van der Waals surface area contributed by atoms with Gasteiger partial charge >= 0.3 is 17.8 Å². The molecule has 212 valence electrons. The van der Waals surface area contributed by atoms with Crippen molar-refractivity contribution < 1.29 is 41.4 Å². The third-order valence-electron chi connectivity index (χ3n) is 6.96. The van der Waals surface area contributed by atoms with E-state index in [1.165, 1.54) is 12.1 Å². The number of rotatable bonds is 8. The van der Waals surface area contributed by atoms with E-state index in [1.54, 1.807) is 25.1 Å². The molecule has 0 radical (unpaired) electrons. The number of nitrogens with one attached hydrogen (secondary N) is 1. The number of amides is 3. The average Bonchev–Trinajstić information content (AvgIpc) is 3.14. The van der Waals surface area contributed by atoms with Crippen molar-refractivity contribution in [1.29, 1.82) is 0 Å². The van der Waals surface area contributed by atoms with Gasteiger partial charge in [-0.2, -0.15) is 13.2 Å². The smallest absolute Gasteiger partial charge is 0.417 e. The minimum Gasteiger partial charge on any atom is -0.493 e. The molecule has 40 heavy (non-hydrogen) atoms. The van der Waals surface area contributed by atoms with Gasteiger partial charge in [-0.3, -0.25) is 9.69 Å². The molecule has 3 heterocycles. The summed E-state index contributed by atoms with van der Waals surface area (Å²) in [5, 5.41) is 2.53. The highest BCUT2D eigenvalue weighted by Crippen LogP contribution is 2.39. The Balaban J connectivity index is 1.29. The van der Waals surface area contributed by atoms with Crippen LogP contribution >= 0.6 is 0 Å². The number of carbonyl (C=O) groups excluding carboxylic acids is 2. The first kappa shape index (κ1) is 27.4. The van der Waals surface area contributed by atoms with Crippen molar-refractivity contribution in [2.45, 2.75) is 44.8 Å². The Morgan fingerprint density at radius 1 is 1.05 bits per heavy atom. The molecule has 12 heteroatoms. The molecule has 1 N–H and O–H groups in total. The summed E-state index contributed by atoms with van der Waals surface area (Å²) in [6, 6.07) is 7.59. The van der Waals surface area contributed by atoms with Crippen molar-refractivity contribution in [3.8, 4) is 17.2 Å². The lowest BCUT2D eigenvalue weighted by atomic mass is 9.91. The van der Waals surface area contributed by atoms with E-state index in [2.05, 4.69) is 5.32 Å². The maximum absolute atomic E-state index is 13.5. The lowest BCUT2D eigenvalue weighted by Crippen LogP contribution is -2.41.